The Hall–Kier alpha value is -2.76. The molecular weight excluding hydrogens is 372 g/mol. The van der Waals surface area contributed by atoms with Gasteiger partial charge in [0.15, 0.2) is 0 Å². The molecule has 30 heavy (non-hydrogen) atoms. The Morgan fingerprint density at radius 3 is 2.70 bits per heavy atom. The predicted molar refractivity (Wildman–Crippen MR) is 121 cm³/mol. The molecule has 0 spiro atoms. The highest BCUT2D eigenvalue weighted by atomic mass is 16.5. The van der Waals surface area contributed by atoms with Crippen LogP contribution in [-0.4, -0.2) is 48.7 Å². The van der Waals surface area contributed by atoms with E-state index in [2.05, 4.69) is 70.2 Å². The van der Waals surface area contributed by atoms with Crippen molar-refractivity contribution in [1.29, 1.82) is 0 Å². The van der Waals surface area contributed by atoms with Crippen LogP contribution in [0.4, 0.5) is 5.82 Å². The predicted octanol–water partition coefficient (Wildman–Crippen LogP) is 4.02. The molecule has 0 amide bonds. The minimum atomic E-state index is -0.00459. The van der Waals surface area contributed by atoms with Crippen LogP contribution in [-0.2, 0) is 17.7 Å². The summed E-state index contributed by atoms with van der Waals surface area (Å²) in [5.41, 5.74) is 5.97. The fourth-order valence-corrected chi connectivity index (χ4v) is 4.00. The van der Waals surface area contributed by atoms with Crippen LogP contribution in [0.5, 0.6) is 0 Å². The lowest BCUT2D eigenvalue weighted by Crippen LogP contribution is -2.38. The molecule has 4 rings (SSSR count). The van der Waals surface area contributed by atoms with Crippen LogP contribution in [0.3, 0.4) is 0 Å². The van der Waals surface area contributed by atoms with Crippen LogP contribution in [0.2, 0.25) is 0 Å². The van der Waals surface area contributed by atoms with E-state index in [0.717, 1.165) is 43.3 Å². The number of hydrogen-bond donors (Lipinski definition) is 0. The van der Waals surface area contributed by atoms with Gasteiger partial charge in [-0.1, -0.05) is 36.4 Å². The number of benzene rings is 1. The molecule has 156 valence electrons. The molecule has 1 aliphatic rings. The smallest absolute Gasteiger partial charge is 0.132 e. The van der Waals surface area contributed by atoms with Gasteiger partial charge in [-0.05, 0) is 36.2 Å². The molecule has 1 fully saturated rings. The zero-order chi connectivity index (χ0) is 20.9. The molecule has 0 saturated carbocycles. The number of rotatable bonds is 6. The number of aromatic nitrogens is 2. The average molecular weight is 403 g/mol. The summed E-state index contributed by atoms with van der Waals surface area (Å²) in [7, 11) is 4.08. The second-order valence-electron chi connectivity index (χ2n) is 8.13. The second kappa shape index (κ2) is 9.37. The molecule has 1 aliphatic heterocycles. The number of ether oxygens (including phenoxy) is 1. The molecule has 0 bridgehead atoms. The quantitative estimate of drug-likeness (QED) is 0.623. The molecule has 3 heterocycles. The molecule has 5 heteroatoms. The first-order valence-electron chi connectivity index (χ1n) is 10.6. The summed E-state index contributed by atoms with van der Waals surface area (Å²) in [4.78, 5) is 14.0. The van der Waals surface area contributed by atoms with Gasteiger partial charge in [0.1, 0.15) is 11.9 Å². The van der Waals surface area contributed by atoms with Crippen LogP contribution in [0, 0.1) is 6.92 Å². The highest BCUT2D eigenvalue weighted by Gasteiger charge is 2.24. The van der Waals surface area contributed by atoms with Crippen LogP contribution in [0.1, 0.15) is 34.2 Å². The van der Waals surface area contributed by atoms with Gasteiger partial charge in [0.05, 0.1) is 12.3 Å². The summed E-state index contributed by atoms with van der Waals surface area (Å²) in [6, 6.07) is 19.0. The maximum absolute atomic E-state index is 6.11. The largest absolute Gasteiger partial charge is 0.369 e. The molecule has 1 saturated heterocycles. The first kappa shape index (κ1) is 20.5. The molecule has 1 atom stereocenters. The number of pyridine rings is 2. The van der Waals surface area contributed by atoms with Crippen LogP contribution in [0.25, 0.3) is 0 Å². The van der Waals surface area contributed by atoms with Gasteiger partial charge in [0.25, 0.3) is 0 Å². The fourth-order valence-electron chi connectivity index (χ4n) is 4.00. The van der Waals surface area contributed by atoms with E-state index in [1.165, 1.54) is 16.7 Å². The summed E-state index contributed by atoms with van der Waals surface area (Å²) in [5.74, 6) is 1.03. The van der Waals surface area contributed by atoms with Crippen molar-refractivity contribution in [3.05, 3.63) is 88.9 Å². The minimum absolute atomic E-state index is 0.00459. The van der Waals surface area contributed by atoms with Gasteiger partial charge in [-0.3, -0.25) is 9.88 Å². The van der Waals surface area contributed by atoms with Crippen molar-refractivity contribution >= 4 is 5.82 Å². The van der Waals surface area contributed by atoms with Crippen molar-refractivity contribution in [3.8, 4) is 0 Å². The maximum Gasteiger partial charge on any atom is 0.132 e. The SMILES string of the molecule is Cc1ccccc1Cc1cccc([C@H]2CN(Cc3cccnc3N(C)C)CCO2)n1. The van der Waals surface area contributed by atoms with Crippen molar-refractivity contribution in [1.82, 2.24) is 14.9 Å². The third-order valence-corrected chi connectivity index (χ3v) is 5.63. The number of nitrogens with zero attached hydrogens (tertiary/aromatic N) is 4. The van der Waals surface area contributed by atoms with Crippen molar-refractivity contribution < 1.29 is 4.74 Å². The number of anilines is 1. The van der Waals surface area contributed by atoms with E-state index < -0.39 is 0 Å². The van der Waals surface area contributed by atoms with Gasteiger partial charge in [-0.2, -0.15) is 0 Å². The molecule has 5 nitrogen and oxygen atoms in total. The molecule has 1 aromatic carbocycles. The molecule has 2 aromatic heterocycles. The standard InChI is InChI=1S/C25H30N4O/c1-19-8-4-5-9-20(19)16-22-11-6-12-23(27-22)24-18-29(14-15-30-24)17-21-10-7-13-26-25(21)28(2)3/h4-13,24H,14-18H2,1-3H3/t24-/m1/s1. The van der Waals surface area contributed by atoms with E-state index in [1.54, 1.807) is 0 Å². The Labute approximate surface area is 179 Å². The summed E-state index contributed by atoms with van der Waals surface area (Å²) >= 11 is 0. The van der Waals surface area contributed by atoms with E-state index in [9.17, 15) is 0 Å². The fraction of sp³-hybridized carbons (Fsp3) is 0.360. The van der Waals surface area contributed by atoms with Gasteiger partial charge >= 0.3 is 0 Å². The van der Waals surface area contributed by atoms with Gasteiger partial charge < -0.3 is 9.64 Å². The molecular formula is C25H30N4O. The van der Waals surface area contributed by atoms with E-state index in [4.69, 9.17) is 9.72 Å². The minimum Gasteiger partial charge on any atom is -0.369 e. The molecule has 0 N–H and O–H groups in total. The van der Waals surface area contributed by atoms with Crippen LogP contribution < -0.4 is 4.90 Å². The van der Waals surface area contributed by atoms with E-state index in [-0.39, 0.29) is 6.10 Å². The second-order valence-corrected chi connectivity index (χ2v) is 8.13. The average Bonchev–Trinajstić information content (AvgIpc) is 2.76. The monoisotopic (exact) mass is 402 g/mol. The number of aryl methyl sites for hydroxylation is 1. The molecule has 0 unspecified atom stereocenters. The van der Waals surface area contributed by atoms with Gasteiger partial charge in [0, 0.05) is 57.6 Å². The normalized spacial score (nSPS) is 17.1. The maximum atomic E-state index is 6.11. The zero-order valence-corrected chi connectivity index (χ0v) is 18.1. The Bertz CT molecular complexity index is 988. The molecule has 0 radical (unpaired) electrons. The summed E-state index contributed by atoms with van der Waals surface area (Å²) in [5, 5.41) is 0. The highest BCUT2D eigenvalue weighted by Crippen LogP contribution is 2.25. The van der Waals surface area contributed by atoms with Gasteiger partial charge in [-0.15, -0.1) is 0 Å². The highest BCUT2D eigenvalue weighted by molar-refractivity contribution is 5.45. The van der Waals surface area contributed by atoms with E-state index in [0.29, 0.717) is 6.61 Å². The molecule has 0 aliphatic carbocycles. The van der Waals surface area contributed by atoms with Crippen molar-refractivity contribution in [2.24, 2.45) is 0 Å². The third kappa shape index (κ3) is 4.86. The summed E-state index contributed by atoms with van der Waals surface area (Å²) in [6.45, 7) is 5.49. The lowest BCUT2D eigenvalue weighted by molar-refractivity contribution is -0.0350. The van der Waals surface area contributed by atoms with Gasteiger partial charge in [-0.25, -0.2) is 4.98 Å². The Balaban J connectivity index is 1.47. The Morgan fingerprint density at radius 1 is 1.03 bits per heavy atom. The lowest BCUT2D eigenvalue weighted by Gasteiger charge is -2.33. The van der Waals surface area contributed by atoms with Crippen molar-refractivity contribution in [2.75, 3.05) is 38.7 Å². The van der Waals surface area contributed by atoms with Gasteiger partial charge in [0.2, 0.25) is 0 Å². The Morgan fingerprint density at radius 2 is 1.87 bits per heavy atom. The lowest BCUT2D eigenvalue weighted by atomic mass is 10.0. The summed E-state index contributed by atoms with van der Waals surface area (Å²) < 4.78 is 6.11. The Kier molecular flexibility index (Phi) is 6.41. The first-order valence-corrected chi connectivity index (χ1v) is 10.6. The van der Waals surface area contributed by atoms with Crippen molar-refractivity contribution in [3.63, 3.8) is 0 Å². The summed E-state index contributed by atoms with van der Waals surface area (Å²) in [6.07, 6.45) is 2.69. The van der Waals surface area contributed by atoms with E-state index in [1.807, 2.05) is 26.4 Å². The third-order valence-electron chi connectivity index (χ3n) is 5.63. The zero-order valence-electron chi connectivity index (χ0n) is 18.1. The number of hydrogen-bond acceptors (Lipinski definition) is 5. The molecule has 3 aromatic rings. The van der Waals surface area contributed by atoms with Crippen LogP contribution in [0.15, 0.2) is 60.8 Å². The van der Waals surface area contributed by atoms with Crippen LogP contribution >= 0.6 is 0 Å². The number of morpholine rings is 1. The topological polar surface area (TPSA) is 41.5 Å². The van der Waals surface area contributed by atoms with Crippen molar-refractivity contribution in [2.45, 2.75) is 26.0 Å². The van der Waals surface area contributed by atoms with E-state index >= 15 is 0 Å². The first-order chi connectivity index (χ1) is 14.6.